The normalized spacial score (nSPS) is 17.0. The summed E-state index contributed by atoms with van der Waals surface area (Å²) in [6.07, 6.45) is 1.57. The summed E-state index contributed by atoms with van der Waals surface area (Å²) in [5, 5.41) is 7.61. The number of thioether (sulfide) groups is 1. The van der Waals surface area contributed by atoms with Crippen molar-refractivity contribution in [3.8, 4) is 0 Å². The fourth-order valence-corrected chi connectivity index (χ4v) is 3.07. The van der Waals surface area contributed by atoms with Gasteiger partial charge >= 0.3 is 5.69 Å². The van der Waals surface area contributed by atoms with Gasteiger partial charge in [0.1, 0.15) is 0 Å². The van der Waals surface area contributed by atoms with Gasteiger partial charge in [-0.05, 0) is 30.3 Å². The van der Waals surface area contributed by atoms with Crippen molar-refractivity contribution < 1.29 is 9.21 Å². The summed E-state index contributed by atoms with van der Waals surface area (Å²) in [4.78, 5) is 28.8. The van der Waals surface area contributed by atoms with Gasteiger partial charge in [-0.15, -0.1) is 0 Å². The minimum atomic E-state index is -0.386. The summed E-state index contributed by atoms with van der Waals surface area (Å²) >= 11 is 1.35. The number of carbonyl (C=O) groups is 1. The lowest BCUT2D eigenvalue weighted by Gasteiger charge is -2.11. The van der Waals surface area contributed by atoms with Crippen molar-refractivity contribution in [2.75, 3.05) is 0 Å². The van der Waals surface area contributed by atoms with E-state index in [0.29, 0.717) is 27.4 Å². The van der Waals surface area contributed by atoms with Crippen LogP contribution < -0.4 is 16.4 Å². The fraction of sp³-hybridized carbons (Fsp3) is 0.0714. The van der Waals surface area contributed by atoms with Gasteiger partial charge in [0.25, 0.3) is 5.91 Å². The molecular formula is C14H11N5O3S. The average Bonchev–Trinajstić information content (AvgIpc) is 3.25. The van der Waals surface area contributed by atoms with E-state index in [1.165, 1.54) is 11.8 Å². The zero-order valence-corrected chi connectivity index (χ0v) is 12.4. The molecule has 9 heteroatoms. The Kier molecular flexibility index (Phi) is 3.19. The Hall–Kier alpha value is -2.94. The number of nitrogens with one attached hydrogen (secondary N) is 4. The molecule has 4 N–H and O–H groups in total. The second kappa shape index (κ2) is 5.36. The van der Waals surface area contributed by atoms with Crippen molar-refractivity contribution in [1.29, 1.82) is 0 Å². The molecule has 4 rings (SSSR count). The molecule has 0 saturated carbocycles. The van der Waals surface area contributed by atoms with Gasteiger partial charge in [-0.25, -0.2) is 4.79 Å². The van der Waals surface area contributed by atoms with Crippen molar-refractivity contribution in [1.82, 2.24) is 20.7 Å². The van der Waals surface area contributed by atoms with Gasteiger partial charge in [0.2, 0.25) is 0 Å². The van der Waals surface area contributed by atoms with Gasteiger partial charge in [-0.3, -0.25) is 10.2 Å². The Balaban J connectivity index is 1.46. The molecule has 1 unspecified atom stereocenters. The standard InChI is InChI=1S/C14H11N5O3S/c20-11(7-3-4-8-9(6-7)16-13(21)15-8)17-14-19-18-12(23-14)10-2-1-5-22-10/h1-6,14,19H,(H,17,20)(H2,15,16,21). The minimum absolute atomic E-state index is 0.269. The Labute approximate surface area is 133 Å². The highest BCUT2D eigenvalue weighted by Gasteiger charge is 2.24. The molecule has 1 atom stereocenters. The first-order chi connectivity index (χ1) is 11.2. The number of hydrogen-bond acceptors (Lipinski definition) is 6. The third-order valence-electron chi connectivity index (χ3n) is 3.29. The van der Waals surface area contributed by atoms with Crippen molar-refractivity contribution in [2.24, 2.45) is 5.10 Å². The number of carbonyl (C=O) groups excluding carboxylic acids is 1. The highest BCUT2D eigenvalue weighted by atomic mass is 32.2. The third kappa shape index (κ3) is 2.61. The number of imidazole rings is 1. The monoisotopic (exact) mass is 329 g/mol. The third-order valence-corrected chi connectivity index (χ3v) is 4.26. The molecule has 2 aromatic heterocycles. The molecule has 1 aliphatic heterocycles. The summed E-state index contributed by atoms with van der Waals surface area (Å²) in [6.45, 7) is 0. The lowest BCUT2D eigenvalue weighted by atomic mass is 10.2. The summed E-state index contributed by atoms with van der Waals surface area (Å²) in [5.41, 5.74) is 3.83. The molecule has 116 valence electrons. The molecule has 0 saturated heterocycles. The van der Waals surface area contributed by atoms with Gasteiger partial charge in [0.15, 0.2) is 16.3 Å². The zero-order valence-electron chi connectivity index (χ0n) is 11.6. The van der Waals surface area contributed by atoms with Crippen LogP contribution in [0.4, 0.5) is 0 Å². The number of furan rings is 1. The molecule has 0 spiro atoms. The highest BCUT2D eigenvalue weighted by molar-refractivity contribution is 8.15. The molecule has 1 aromatic carbocycles. The van der Waals surface area contributed by atoms with Gasteiger partial charge < -0.3 is 19.7 Å². The summed E-state index contributed by atoms with van der Waals surface area (Å²) in [6, 6.07) is 8.53. The Morgan fingerprint density at radius 3 is 2.96 bits per heavy atom. The summed E-state index contributed by atoms with van der Waals surface area (Å²) in [5.74, 6) is 0.375. The molecule has 0 aliphatic carbocycles. The first-order valence-corrected chi connectivity index (χ1v) is 7.64. The maximum atomic E-state index is 12.3. The second-order valence-corrected chi connectivity index (χ2v) is 5.93. The van der Waals surface area contributed by atoms with Crippen LogP contribution in [-0.2, 0) is 0 Å². The van der Waals surface area contributed by atoms with Gasteiger partial charge in [-0.2, -0.15) is 5.10 Å². The first-order valence-electron chi connectivity index (χ1n) is 6.76. The minimum Gasteiger partial charge on any atom is -0.462 e. The molecule has 3 aromatic rings. The number of H-pyrrole nitrogens is 2. The summed E-state index contributed by atoms with van der Waals surface area (Å²) < 4.78 is 5.26. The molecule has 1 amide bonds. The number of benzene rings is 1. The van der Waals surface area contributed by atoms with Gasteiger partial charge in [-0.1, -0.05) is 11.8 Å². The molecule has 1 aliphatic rings. The number of fused-ring (bicyclic) bond motifs is 1. The Morgan fingerprint density at radius 1 is 1.26 bits per heavy atom. The van der Waals surface area contributed by atoms with Crippen molar-refractivity contribution in [2.45, 2.75) is 5.50 Å². The molecule has 3 heterocycles. The topological polar surface area (TPSA) is 115 Å². The lowest BCUT2D eigenvalue weighted by molar-refractivity contribution is 0.0946. The van der Waals surface area contributed by atoms with E-state index >= 15 is 0 Å². The molecule has 8 nitrogen and oxygen atoms in total. The second-order valence-electron chi connectivity index (χ2n) is 4.83. The number of aromatic amines is 2. The Bertz CT molecular complexity index is 956. The van der Waals surface area contributed by atoms with Crippen LogP contribution in [0.1, 0.15) is 16.1 Å². The molecule has 0 radical (unpaired) electrons. The number of amides is 1. The predicted octanol–water partition coefficient (Wildman–Crippen LogP) is 1.16. The van der Waals surface area contributed by atoms with E-state index in [-0.39, 0.29) is 17.1 Å². The predicted molar refractivity (Wildman–Crippen MR) is 86.1 cm³/mol. The van der Waals surface area contributed by atoms with Gasteiger partial charge in [0, 0.05) is 5.56 Å². The van der Waals surface area contributed by atoms with Crippen LogP contribution in [0.15, 0.2) is 50.9 Å². The summed E-state index contributed by atoms with van der Waals surface area (Å²) in [7, 11) is 0. The molecular weight excluding hydrogens is 318 g/mol. The van der Waals surface area contributed by atoms with E-state index in [4.69, 9.17) is 4.42 Å². The average molecular weight is 329 g/mol. The number of nitrogens with zero attached hydrogens (tertiary/aromatic N) is 1. The highest BCUT2D eigenvalue weighted by Crippen LogP contribution is 2.22. The maximum absolute atomic E-state index is 12.3. The number of rotatable bonds is 3. The van der Waals surface area contributed by atoms with Crippen LogP contribution in [0.25, 0.3) is 11.0 Å². The maximum Gasteiger partial charge on any atom is 0.323 e. The van der Waals surface area contributed by atoms with Crippen molar-refractivity contribution in [3.63, 3.8) is 0 Å². The van der Waals surface area contributed by atoms with Crippen molar-refractivity contribution in [3.05, 3.63) is 58.4 Å². The van der Waals surface area contributed by atoms with E-state index in [0.717, 1.165) is 0 Å². The van der Waals surface area contributed by atoms with E-state index in [1.807, 2.05) is 0 Å². The van der Waals surface area contributed by atoms with Crippen LogP contribution in [0.3, 0.4) is 0 Å². The van der Waals surface area contributed by atoms with Crippen LogP contribution in [0.5, 0.6) is 0 Å². The molecule has 0 bridgehead atoms. The van der Waals surface area contributed by atoms with Crippen LogP contribution in [0, 0.1) is 0 Å². The molecule has 23 heavy (non-hydrogen) atoms. The SMILES string of the molecule is O=C(NC1NN=C(c2ccco2)S1)c1ccc2[nH]c(=O)[nH]c2c1. The Morgan fingerprint density at radius 2 is 2.13 bits per heavy atom. The largest absolute Gasteiger partial charge is 0.462 e. The van der Waals surface area contributed by atoms with Crippen LogP contribution in [-0.4, -0.2) is 26.4 Å². The number of hydrazone groups is 1. The van der Waals surface area contributed by atoms with E-state index in [1.54, 1.807) is 36.6 Å². The van der Waals surface area contributed by atoms with E-state index in [9.17, 15) is 9.59 Å². The number of hydrogen-bond donors (Lipinski definition) is 4. The van der Waals surface area contributed by atoms with Crippen LogP contribution >= 0.6 is 11.8 Å². The molecule has 0 fully saturated rings. The van der Waals surface area contributed by atoms with Crippen LogP contribution in [0.2, 0.25) is 0 Å². The lowest BCUT2D eigenvalue weighted by Crippen LogP contribution is -2.38. The smallest absolute Gasteiger partial charge is 0.323 e. The number of aromatic nitrogens is 2. The van der Waals surface area contributed by atoms with E-state index in [2.05, 4.69) is 25.8 Å². The first kappa shape index (κ1) is 13.7. The zero-order chi connectivity index (χ0) is 15.8. The van der Waals surface area contributed by atoms with Gasteiger partial charge in [0.05, 0.1) is 17.3 Å². The van der Waals surface area contributed by atoms with E-state index < -0.39 is 0 Å². The van der Waals surface area contributed by atoms with Crippen molar-refractivity contribution >= 4 is 33.7 Å². The fourth-order valence-electron chi connectivity index (χ4n) is 2.23. The quantitative estimate of drug-likeness (QED) is 0.575.